The van der Waals surface area contributed by atoms with Crippen molar-refractivity contribution >= 4 is 23.3 Å². The van der Waals surface area contributed by atoms with Crippen LogP contribution in [-0.4, -0.2) is 42.3 Å². The maximum atomic E-state index is 13.5. The van der Waals surface area contributed by atoms with Gasteiger partial charge in [0.15, 0.2) is 0 Å². The average Bonchev–Trinajstić information content (AvgIpc) is 2.60. The van der Waals surface area contributed by atoms with Gasteiger partial charge in [0.2, 0.25) is 5.78 Å². The highest BCUT2D eigenvalue weighted by atomic mass is 35.5. The van der Waals surface area contributed by atoms with E-state index in [2.05, 4.69) is 17.3 Å². The van der Waals surface area contributed by atoms with E-state index >= 15 is 0 Å². The molecule has 1 aliphatic heterocycles. The number of carbonyl (C=O) groups excluding carboxylic acids is 2. The van der Waals surface area contributed by atoms with Gasteiger partial charge >= 0.3 is 0 Å². The van der Waals surface area contributed by atoms with Crippen LogP contribution in [0.1, 0.15) is 37.7 Å². The van der Waals surface area contributed by atoms with Gasteiger partial charge in [0, 0.05) is 25.0 Å². The molecule has 1 amide bonds. The number of piperidine rings is 1. The highest BCUT2D eigenvalue weighted by molar-refractivity contribution is 6.36. The van der Waals surface area contributed by atoms with Crippen molar-refractivity contribution in [1.29, 1.82) is 0 Å². The molecule has 136 valence electrons. The van der Waals surface area contributed by atoms with E-state index in [-0.39, 0.29) is 17.5 Å². The Labute approximate surface area is 152 Å². The zero-order valence-corrected chi connectivity index (χ0v) is 15.2. The Hall–Kier alpha value is -1.46. The quantitative estimate of drug-likeness (QED) is 0.833. The van der Waals surface area contributed by atoms with Crippen LogP contribution in [0.5, 0.6) is 0 Å². The number of ketones is 1. The summed E-state index contributed by atoms with van der Waals surface area (Å²) in [5.41, 5.74) is 0.459. The molecule has 3 atom stereocenters. The lowest BCUT2D eigenvalue weighted by atomic mass is 9.75. The molecule has 6 heteroatoms. The molecule has 1 aromatic carbocycles. The van der Waals surface area contributed by atoms with Gasteiger partial charge in [-0.2, -0.15) is 0 Å². The number of halogens is 2. The van der Waals surface area contributed by atoms with Crippen LogP contribution < -0.4 is 5.32 Å². The van der Waals surface area contributed by atoms with E-state index in [0.29, 0.717) is 17.5 Å². The van der Waals surface area contributed by atoms with Crippen LogP contribution in [0.4, 0.5) is 4.39 Å². The standard InChI is InChI=1S/C19H24ClFN2O2/c1-23-9-8-16(13-4-2-3-5-17(13)23)22-19(25)18(24)11-12-6-7-14(20)15(21)10-12/h6-7,10,13,16-17H,2-5,8-9,11H2,1H3,(H,22,25). The first-order valence-electron chi connectivity index (χ1n) is 8.93. The highest BCUT2D eigenvalue weighted by Crippen LogP contribution is 2.34. The SMILES string of the molecule is CN1CCC(NC(=O)C(=O)Cc2ccc(Cl)c(F)c2)C2CCCCC21. The van der Waals surface area contributed by atoms with Crippen LogP contribution in [0, 0.1) is 11.7 Å². The maximum Gasteiger partial charge on any atom is 0.287 e. The largest absolute Gasteiger partial charge is 0.346 e. The number of nitrogens with one attached hydrogen (secondary N) is 1. The third-order valence-electron chi connectivity index (χ3n) is 5.58. The number of hydrogen-bond donors (Lipinski definition) is 1. The maximum absolute atomic E-state index is 13.5. The molecular weight excluding hydrogens is 343 g/mol. The second-order valence-corrected chi connectivity index (χ2v) is 7.62. The Bertz CT molecular complexity index is 667. The third-order valence-corrected chi connectivity index (χ3v) is 5.88. The van der Waals surface area contributed by atoms with E-state index in [9.17, 15) is 14.0 Å². The van der Waals surface area contributed by atoms with Gasteiger partial charge in [-0.05, 0) is 49.9 Å². The minimum absolute atomic E-state index is 0.00955. The van der Waals surface area contributed by atoms with E-state index in [1.807, 2.05) is 0 Å². The lowest BCUT2D eigenvalue weighted by molar-refractivity contribution is -0.138. The van der Waals surface area contributed by atoms with Crippen molar-refractivity contribution in [1.82, 2.24) is 10.2 Å². The molecule has 0 aromatic heterocycles. The summed E-state index contributed by atoms with van der Waals surface area (Å²) in [6.45, 7) is 0.933. The molecule has 1 saturated heterocycles. The molecule has 4 nitrogen and oxygen atoms in total. The number of carbonyl (C=O) groups is 2. The number of nitrogens with zero attached hydrogens (tertiary/aromatic N) is 1. The van der Waals surface area contributed by atoms with Gasteiger partial charge in [0.25, 0.3) is 5.91 Å². The van der Waals surface area contributed by atoms with Crippen LogP contribution in [0.2, 0.25) is 5.02 Å². The van der Waals surface area contributed by atoms with Gasteiger partial charge in [-0.1, -0.05) is 30.5 Å². The van der Waals surface area contributed by atoms with Crippen molar-refractivity contribution in [3.63, 3.8) is 0 Å². The first-order valence-corrected chi connectivity index (χ1v) is 9.31. The molecule has 2 fully saturated rings. The van der Waals surface area contributed by atoms with E-state index in [4.69, 9.17) is 11.6 Å². The van der Waals surface area contributed by atoms with Crippen LogP contribution in [0.15, 0.2) is 18.2 Å². The van der Waals surface area contributed by atoms with Gasteiger partial charge in [-0.3, -0.25) is 9.59 Å². The molecule has 2 aliphatic rings. The predicted octanol–water partition coefficient (Wildman–Crippen LogP) is 2.97. The van der Waals surface area contributed by atoms with Crippen molar-refractivity contribution < 1.29 is 14.0 Å². The second kappa shape index (κ2) is 7.83. The van der Waals surface area contributed by atoms with E-state index in [1.54, 1.807) is 6.07 Å². The number of benzene rings is 1. The molecule has 3 rings (SSSR count). The lowest BCUT2D eigenvalue weighted by Crippen LogP contribution is -2.57. The van der Waals surface area contributed by atoms with Crippen molar-refractivity contribution in [3.05, 3.63) is 34.6 Å². The van der Waals surface area contributed by atoms with Gasteiger partial charge in [-0.15, -0.1) is 0 Å². The zero-order chi connectivity index (χ0) is 18.0. The summed E-state index contributed by atoms with van der Waals surface area (Å²) in [5, 5.41) is 2.96. The van der Waals surface area contributed by atoms with E-state index < -0.39 is 17.5 Å². The lowest BCUT2D eigenvalue weighted by Gasteiger charge is -2.46. The number of fused-ring (bicyclic) bond motifs is 1. The fourth-order valence-corrected chi connectivity index (χ4v) is 4.34. The summed E-state index contributed by atoms with van der Waals surface area (Å²) in [6.07, 6.45) is 5.42. The number of hydrogen-bond acceptors (Lipinski definition) is 3. The summed E-state index contributed by atoms with van der Waals surface area (Å²) in [6, 6.07) is 4.73. The van der Waals surface area contributed by atoms with Crippen molar-refractivity contribution in [3.8, 4) is 0 Å². The molecule has 0 spiro atoms. The Kier molecular flexibility index (Phi) is 5.74. The van der Waals surface area contributed by atoms with E-state index in [0.717, 1.165) is 25.8 Å². The minimum atomic E-state index is -0.576. The molecule has 1 aliphatic carbocycles. The molecule has 1 saturated carbocycles. The Morgan fingerprint density at radius 2 is 2.04 bits per heavy atom. The first kappa shape index (κ1) is 18.3. The summed E-state index contributed by atoms with van der Waals surface area (Å²) >= 11 is 5.64. The smallest absolute Gasteiger partial charge is 0.287 e. The molecule has 3 unspecified atom stereocenters. The number of amides is 1. The Morgan fingerprint density at radius 1 is 1.28 bits per heavy atom. The third kappa shape index (κ3) is 4.21. The fraction of sp³-hybridized carbons (Fsp3) is 0.579. The Morgan fingerprint density at radius 3 is 2.80 bits per heavy atom. The molecule has 1 heterocycles. The summed E-state index contributed by atoms with van der Waals surface area (Å²) < 4.78 is 13.5. The van der Waals surface area contributed by atoms with Gasteiger partial charge < -0.3 is 10.2 Å². The Balaban J connectivity index is 1.60. The van der Waals surface area contributed by atoms with Crippen molar-refractivity contribution in [2.75, 3.05) is 13.6 Å². The van der Waals surface area contributed by atoms with Crippen molar-refractivity contribution in [2.24, 2.45) is 5.92 Å². The summed E-state index contributed by atoms with van der Waals surface area (Å²) in [7, 11) is 2.14. The van der Waals surface area contributed by atoms with Crippen LogP contribution in [-0.2, 0) is 16.0 Å². The van der Waals surface area contributed by atoms with Crippen molar-refractivity contribution in [2.45, 2.75) is 50.6 Å². The monoisotopic (exact) mass is 366 g/mol. The topological polar surface area (TPSA) is 49.4 Å². The van der Waals surface area contributed by atoms with Crippen LogP contribution in [0.25, 0.3) is 0 Å². The normalized spacial score (nSPS) is 26.8. The average molecular weight is 367 g/mol. The minimum Gasteiger partial charge on any atom is -0.346 e. The number of rotatable bonds is 4. The fourth-order valence-electron chi connectivity index (χ4n) is 4.22. The van der Waals surface area contributed by atoms with E-state index in [1.165, 1.54) is 25.0 Å². The summed E-state index contributed by atoms with van der Waals surface area (Å²) in [4.78, 5) is 26.9. The van der Waals surface area contributed by atoms with Gasteiger partial charge in [0.1, 0.15) is 5.82 Å². The predicted molar refractivity (Wildman–Crippen MR) is 95.0 cm³/mol. The molecule has 0 radical (unpaired) electrons. The second-order valence-electron chi connectivity index (χ2n) is 7.21. The number of Topliss-reactive ketones (excluding diaryl/α,β-unsaturated/α-hetero) is 1. The van der Waals surface area contributed by atoms with Crippen LogP contribution in [0.3, 0.4) is 0 Å². The molecular formula is C19H24ClFN2O2. The van der Waals surface area contributed by atoms with Gasteiger partial charge in [-0.25, -0.2) is 4.39 Å². The first-order chi connectivity index (χ1) is 12.0. The molecule has 1 aromatic rings. The highest BCUT2D eigenvalue weighted by Gasteiger charge is 2.38. The molecule has 25 heavy (non-hydrogen) atoms. The molecule has 1 N–H and O–H groups in total. The zero-order valence-electron chi connectivity index (χ0n) is 14.4. The van der Waals surface area contributed by atoms with Crippen LogP contribution >= 0.6 is 11.6 Å². The molecule has 0 bridgehead atoms. The number of likely N-dealkylation sites (tertiary alicyclic amines) is 1. The van der Waals surface area contributed by atoms with Gasteiger partial charge in [0.05, 0.1) is 5.02 Å². The summed E-state index contributed by atoms with van der Waals surface area (Å²) in [5.74, 6) is -1.26.